The molecule has 1 N–H and O–H groups in total. The Balaban J connectivity index is 2.22. The van der Waals surface area contributed by atoms with Gasteiger partial charge in [0.25, 0.3) is 6.29 Å². The second-order valence-electron chi connectivity index (χ2n) is 2.47. The lowest BCUT2D eigenvalue weighted by molar-refractivity contribution is -0.0247. The summed E-state index contributed by atoms with van der Waals surface area (Å²) in [5.41, 5.74) is 0.806. The Labute approximate surface area is 69.9 Å². The molecular formula is C9H8O3. The van der Waals surface area contributed by atoms with E-state index in [2.05, 4.69) is 0 Å². The van der Waals surface area contributed by atoms with Gasteiger partial charge < -0.3 is 14.6 Å². The van der Waals surface area contributed by atoms with E-state index in [1.165, 1.54) is 12.5 Å². The van der Waals surface area contributed by atoms with Gasteiger partial charge in [0.05, 0.1) is 0 Å². The number of hydrogen-bond donors (Lipinski definition) is 1. The molecule has 0 aromatic heterocycles. The molecule has 0 unspecified atom stereocenters. The summed E-state index contributed by atoms with van der Waals surface area (Å²) in [6.45, 7) is 0. The second-order valence-corrected chi connectivity index (χ2v) is 2.47. The minimum atomic E-state index is -0.405. The minimum absolute atomic E-state index is 0.214. The van der Waals surface area contributed by atoms with E-state index in [-0.39, 0.29) is 5.75 Å². The molecule has 3 heteroatoms. The molecule has 0 saturated carbocycles. The standard InChI is InChI=1S/C9H8O3/c10-8-3-1-2-7(6-8)9-11-4-5-12-9/h1-6,9-10H. The highest BCUT2D eigenvalue weighted by atomic mass is 16.7. The van der Waals surface area contributed by atoms with Gasteiger partial charge in [0, 0.05) is 5.56 Å². The maximum absolute atomic E-state index is 9.14. The van der Waals surface area contributed by atoms with Gasteiger partial charge in [0.2, 0.25) is 0 Å². The summed E-state index contributed by atoms with van der Waals surface area (Å²) >= 11 is 0. The van der Waals surface area contributed by atoms with Gasteiger partial charge in [-0.15, -0.1) is 0 Å². The van der Waals surface area contributed by atoms with E-state index in [4.69, 9.17) is 14.6 Å². The lowest BCUT2D eigenvalue weighted by atomic mass is 10.2. The Bertz CT molecular complexity index is 298. The van der Waals surface area contributed by atoms with E-state index in [1.807, 2.05) is 6.07 Å². The first-order valence-corrected chi connectivity index (χ1v) is 3.61. The van der Waals surface area contributed by atoms with Crippen molar-refractivity contribution < 1.29 is 14.6 Å². The molecular weight excluding hydrogens is 156 g/mol. The molecule has 0 bridgehead atoms. The zero-order valence-corrected chi connectivity index (χ0v) is 6.31. The Morgan fingerprint density at radius 1 is 1.17 bits per heavy atom. The van der Waals surface area contributed by atoms with Gasteiger partial charge in [-0.05, 0) is 12.1 Å². The molecule has 3 nitrogen and oxygen atoms in total. The van der Waals surface area contributed by atoms with Crippen LogP contribution in [0, 0.1) is 0 Å². The number of hydrogen-bond acceptors (Lipinski definition) is 3. The van der Waals surface area contributed by atoms with Crippen molar-refractivity contribution in [2.24, 2.45) is 0 Å². The number of phenols is 1. The molecule has 1 aromatic rings. The van der Waals surface area contributed by atoms with Crippen molar-refractivity contribution in [1.29, 1.82) is 0 Å². The van der Waals surface area contributed by atoms with Crippen LogP contribution < -0.4 is 0 Å². The van der Waals surface area contributed by atoms with Gasteiger partial charge in [0.1, 0.15) is 18.3 Å². The van der Waals surface area contributed by atoms with Crippen molar-refractivity contribution in [2.45, 2.75) is 6.29 Å². The first-order valence-electron chi connectivity index (χ1n) is 3.61. The van der Waals surface area contributed by atoms with Crippen LogP contribution in [0.2, 0.25) is 0 Å². The predicted molar refractivity (Wildman–Crippen MR) is 42.2 cm³/mol. The van der Waals surface area contributed by atoms with Crippen molar-refractivity contribution in [3.8, 4) is 5.75 Å². The molecule has 1 aromatic carbocycles. The van der Waals surface area contributed by atoms with Crippen LogP contribution in [0.5, 0.6) is 5.75 Å². The highest BCUT2D eigenvalue weighted by molar-refractivity contribution is 5.28. The topological polar surface area (TPSA) is 38.7 Å². The Kier molecular flexibility index (Phi) is 1.63. The molecule has 2 rings (SSSR count). The van der Waals surface area contributed by atoms with Crippen molar-refractivity contribution >= 4 is 0 Å². The quantitative estimate of drug-likeness (QED) is 0.689. The van der Waals surface area contributed by atoms with E-state index in [0.29, 0.717) is 0 Å². The van der Waals surface area contributed by atoms with Gasteiger partial charge in [0.15, 0.2) is 0 Å². The van der Waals surface area contributed by atoms with Gasteiger partial charge >= 0.3 is 0 Å². The summed E-state index contributed by atoms with van der Waals surface area (Å²) in [4.78, 5) is 0. The summed E-state index contributed by atoms with van der Waals surface area (Å²) in [7, 11) is 0. The van der Waals surface area contributed by atoms with Crippen LogP contribution in [0.4, 0.5) is 0 Å². The van der Waals surface area contributed by atoms with Gasteiger partial charge in [-0.3, -0.25) is 0 Å². The normalized spacial score (nSPS) is 15.7. The molecule has 1 aliphatic heterocycles. The smallest absolute Gasteiger partial charge is 0.266 e. The summed E-state index contributed by atoms with van der Waals surface area (Å²) < 4.78 is 10.2. The molecule has 0 amide bonds. The predicted octanol–water partition coefficient (Wildman–Crippen LogP) is 1.91. The van der Waals surface area contributed by atoms with Crippen LogP contribution in [0.15, 0.2) is 36.8 Å². The van der Waals surface area contributed by atoms with Crippen LogP contribution >= 0.6 is 0 Å². The first-order chi connectivity index (χ1) is 5.86. The fourth-order valence-electron chi connectivity index (χ4n) is 1.07. The number of ether oxygens (including phenoxy) is 2. The van der Waals surface area contributed by atoms with Crippen LogP contribution in [0.3, 0.4) is 0 Å². The third-order valence-electron chi connectivity index (χ3n) is 1.60. The average Bonchev–Trinajstić information content (AvgIpc) is 2.56. The number of benzene rings is 1. The lowest BCUT2D eigenvalue weighted by Crippen LogP contribution is -1.96. The van der Waals surface area contributed by atoms with E-state index < -0.39 is 6.29 Å². The summed E-state index contributed by atoms with van der Waals surface area (Å²) in [5.74, 6) is 0.214. The Hall–Kier alpha value is -1.64. The molecule has 1 heterocycles. The van der Waals surface area contributed by atoms with Crippen LogP contribution in [-0.4, -0.2) is 5.11 Å². The maximum Gasteiger partial charge on any atom is 0.266 e. The number of phenolic OH excluding ortho intramolecular Hbond substituents is 1. The van der Waals surface area contributed by atoms with Gasteiger partial charge in [-0.25, -0.2) is 0 Å². The number of aromatic hydroxyl groups is 1. The van der Waals surface area contributed by atoms with Crippen LogP contribution in [0.25, 0.3) is 0 Å². The van der Waals surface area contributed by atoms with Gasteiger partial charge in [-0.1, -0.05) is 12.1 Å². The van der Waals surface area contributed by atoms with Crippen LogP contribution in [-0.2, 0) is 9.47 Å². The maximum atomic E-state index is 9.14. The van der Waals surface area contributed by atoms with E-state index >= 15 is 0 Å². The summed E-state index contributed by atoms with van der Waals surface area (Å²) in [6.07, 6.45) is 2.56. The molecule has 0 fully saturated rings. The monoisotopic (exact) mass is 164 g/mol. The molecule has 0 saturated heterocycles. The molecule has 1 aliphatic rings. The fraction of sp³-hybridized carbons (Fsp3) is 0.111. The van der Waals surface area contributed by atoms with Crippen molar-refractivity contribution in [2.75, 3.05) is 0 Å². The average molecular weight is 164 g/mol. The second kappa shape index (κ2) is 2.77. The highest BCUT2D eigenvalue weighted by Gasteiger charge is 2.14. The van der Waals surface area contributed by atoms with E-state index in [1.54, 1.807) is 18.2 Å². The summed E-state index contributed by atoms with van der Waals surface area (Å²) in [5, 5.41) is 9.14. The zero-order valence-electron chi connectivity index (χ0n) is 6.31. The summed E-state index contributed by atoms with van der Waals surface area (Å²) in [6, 6.07) is 6.79. The molecule has 0 atom stereocenters. The molecule has 62 valence electrons. The fourth-order valence-corrected chi connectivity index (χ4v) is 1.07. The molecule has 12 heavy (non-hydrogen) atoms. The first kappa shape index (κ1) is 7.03. The SMILES string of the molecule is Oc1cccc(C2OC=CO2)c1. The van der Waals surface area contributed by atoms with Crippen molar-refractivity contribution in [1.82, 2.24) is 0 Å². The third kappa shape index (κ3) is 1.21. The van der Waals surface area contributed by atoms with Crippen molar-refractivity contribution in [3.05, 3.63) is 42.4 Å². The minimum Gasteiger partial charge on any atom is -0.508 e. The van der Waals surface area contributed by atoms with E-state index in [9.17, 15) is 0 Å². The third-order valence-corrected chi connectivity index (χ3v) is 1.60. The molecule has 0 radical (unpaired) electrons. The lowest BCUT2D eigenvalue weighted by Gasteiger charge is -2.09. The number of rotatable bonds is 1. The highest BCUT2D eigenvalue weighted by Crippen LogP contribution is 2.25. The van der Waals surface area contributed by atoms with Crippen LogP contribution in [0.1, 0.15) is 11.9 Å². The Morgan fingerprint density at radius 3 is 2.58 bits per heavy atom. The largest absolute Gasteiger partial charge is 0.508 e. The van der Waals surface area contributed by atoms with E-state index in [0.717, 1.165) is 5.56 Å². The molecule has 0 aliphatic carbocycles. The zero-order chi connectivity index (χ0) is 8.39. The van der Waals surface area contributed by atoms with Gasteiger partial charge in [-0.2, -0.15) is 0 Å². The Morgan fingerprint density at radius 2 is 1.92 bits per heavy atom. The van der Waals surface area contributed by atoms with Crippen molar-refractivity contribution in [3.63, 3.8) is 0 Å². The molecule has 0 spiro atoms.